The molecule has 0 saturated heterocycles. The third-order valence-electron chi connectivity index (χ3n) is 4.77. The van der Waals surface area contributed by atoms with Gasteiger partial charge in [0.15, 0.2) is 5.65 Å². The Morgan fingerprint density at radius 1 is 0.960 bits per heavy atom. The summed E-state index contributed by atoms with van der Waals surface area (Å²) in [6, 6.07) is 9.71. The first-order chi connectivity index (χ1) is 12.2. The molecule has 3 nitrogen and oxygen atoms in total. The molecule has 0 unspecified atom stereocenters. The number of benzene rings is 1. The summed E-state index contributed by atoms with van der Waals surface area (Å²) >= 11 is 14.1. The van der Waals surface area contributed by atoms with E-state index >= 15 is 0 Å². The molecule has 1 fully saturated rings. The van der Waals surface area contributed by atoms with Crippen LogP contribution in [0.25, 0.3) is 5.65 Å². The molecule has 2 aromatic heterocycles. The van der Waals surface area contributed by atoms with E-state index in [4.69, 9.17) is 23.2 Å². The van der Waals surface area contributed by atoms with Gasteiger partial charge in [-0.2, -0.15) is 0 Å². The Balaban J connectivity index is 1.63. The van der Waals surface area contributed by atoms with Crippen LogP contribution in [0.5, 0.6) is 0 Å². The van der Waals surface area contributed by atoms with Crippen LogP contribution in [-0.4, -0.2) is 14.6 Å². The summed E-state index contributed by atoms with van der Waals surface area (Å²) in [7, 11) is 0. The highest BCUT2D eigenvalue weighted by Gasteiger charge is 2.20. The summed E-state index contributed by atoms with van der Waals surface area (Å²) in [6.07, 6.45) is 9.76. The molecule has 0 N–H and O–H groups in total. The largest absolute Gasteiger partial charge is 0.286 e. The monoisotopic (exact) mass is 391 g/mol. The number of hydrogen-bond acceptors (Lipinski definition) is 3. The van der Waals surface area contributed by atoms with Crippen molar-refractivity contribution in [1.82, 2.24) is 14.6 Å². The molecular weight excluding hydrogens is 373 g/mol. The van der Waals surface area contributed by atoms with Crippen LogP contribution in [0.1, 0.15) is 50.3 Å². The molecule has 3 aromatic rings. The van der Waals surface area contributed by atoms with Gasteiger partial charge in [-0.1, -0.05) is 66.7 Å². The molecule has 130 valence electrons. The zero-order chi connectivity index (χ0) is 17.2. The number of halogens is 2. The second-order valence-corrected chi connectivity index (χ2v) is 8.39. The minimum atomic E-state index is 0.522. The Hall–Kier alpha value is -1.23. The van der Waals surface area contributed by atoms with Gasteiger partial charge in [0.2, 0.25) is 0 Å². The van der Waals surface area contributed by atoms with Gasteiger partial charge in [0, 0.05) is 21.9 Å². The quantitative estimate of drug-likeness (QED) is 0.469. The van der Waals surface area contributed by atoms with Crippen molar-refractivity contribution >= 4 is 40.6 Å². The second kappa shape index (κ2) is 7.56. The van der Waals surface area contributed by atoms with Crippen LogP contribution in [0, 0.1) is 0 Å². The summed E-state index contributed by atoms with van der Waals surface area (Å²) in [6.45, 7) is 0. The zero-order valence-corrected chi connectivity index (χ0v) is 16.1. The van der Waals surface area contributed by atoms with Crippen molar-refractivity contribution in [3.63, 3.8) is 0 Å². The lowest BCUT2D eigenvalue weighted by Crippen LogP contribution is -2.03. The van der Waals surface area contributed by atoms with Crippen LogP contribution >= 0.6 is 35.0 Å². The Morgan fingerprint density at radius 3 is 2.40 bits per heavy atom. The highest BCUT2D eigenvalue weighted by atomic mass is 35.5. The van der Waals surface area contributed by atoms with Crippen molar-refractivity contribution in [2.45, 2.75) is 54.2 Å². The molecule has 0 amide bonds. The van der Waals surface area contributed by atoms with E-state index in [9.17, 15) is 0 Å². The normalized spacial score (nSPS) is 16.2. The van der Waals surface area contributed by atoms with Gasteiger partial charge in [-0.25, -0.2) is 0 Å². The van der Waals surface area contributed by atoms with E-state index in [0.717, 1.165) is 21.3 Å². The molecule has 4 rings (SSSR count). The first kappa shape index (κ1) is 17.2. The van der Waals surface area contributed by atoms with E-state index in [0.29, 0.717) is 16.0 Å². The fraction of sp³-hybridized carbons (Fsp3) is 0.368. The van der Waals surface area contributed by atoms with E-state index in [-0.39, 0.29) is 0 Å². The van der Waals surface area contributed by atoms with Crippen LogP contribution in [0.4, 0.5) is 0 Å². The molecule has 0 atom stereocenters. The first-order valence-electron chi connectivity index (χ1n) is 8.69. The van der Waals surface area contributed by atoms with Gasteiger partial charge in [-0.3, -0.25) is 4.40 Å². The van der Waals surface area contributed by atoms with Gasteiger partial charge in [-0.05, 0) is 37.1 Å². The summed E-state index contributed by atoms with van der Waals surface area (Å²) < 4.78 is 2.13. The number of aromatic nitrogens is 3. The fourth-order valence-electron chi connectivity index (χ4n) is 3.47. The van der Waals surface area contributed by atoms with Crippen LogP contribution in [0.3, 0.4) is 0 Å². The number of nitrogens with zero attached hydrogens (tertiary/aromatic N) is 3. The molecule has 0 aliphatic heterocycles. The van der Waals surface area contributed by atoms with Crippen molar-refractivity contribution in [3.05, 3.63) is 52.4 Å². The van der Waals surface area contributed by atoms with Crippen LogP contribution in [0.2, 0.25) is 10.0 Å². The molecule has 1 saturated carbocycles. The predicted octanol–water partition coefficient (Wildman–Crippen LogP) is 6.63. The third-order valence-corrected chi connectivity index (χ3v) is 6.75. The molecule has 1 aliphatic rings. The van der Waals surface area contributed by atoms with E-state index in [1.54, 1.807) is 11.8 Å². The van der Waals surface area contributed by atoms with Crippen molar-refractivity contribution in [3.8, 4) is 0 Å². The summed E-state index contributed by atoms with van der Waals surface area (Å²) in [5.74, 6) is 1.62. The minimum Gasteiger partial charge on any atom is -0.286 e. The molecule has 0 radical (unpaired) electrons. The van der Waals surface area contributed by atoms with Gasteiger partial charge in [0.1, 0.15) is 5.82 Å². The Morgan fingerprint density at radius 2 is 1.68 bits per heavy atom. The third kappa shape index (κ3) is 3.67. The molecule has 2 heterocycles. The van der Waals surface area contributed by atoms with Gasteiger partial charge in [0.05, 0.1) is 10.0 Å². The zero-order valence-electron chi connectivity index (χ0n) is 13.8. The molecule has 0 spiro atoms. The van der Waals surface area contributed by atoms with E-state index in [2.05, 4.69) is 32.9 Å². The summed E-state index contributed by atoms with van der Waals surface area (Å²) in [4.78, 5) is 1.93. The molecule has 1 aromatic carbocycles. The fourth-order valence-corrected chi connectivity index (χ4v) is 4.96. The molecule has 1 aliphatic carbocycles. The topological polar surface area (TPSA) is 30.2 Å². The number of hydrogen-bond donors (Lipinski definition) is 0. The second-order valence-electron chi connectivity index (χ2n) is 6.49. The maximum Gasteiger partial charge on any atom is 0.161 e. The first-order valence-corrected chi connectivity index (χ1v) is 10.3. The lowest BCUT2D eigenvalue weighted by Gasteiger charge is -2.12. The average Bonchev–Trinajstić information content (AvgIpc) is 2.84. The Bertz CT molecular complexity index is 865. The number of fused-ring (bicyclic) bond motifs is 1. The maximum absolute atomic E-state index is 6.28. The highest BCUT2D eigenvalue weighted by molar-refractivity contribution is 7.99. The molecular formula is C19H19Cl2N3S. The number of rotatable bonds is 3. The van der Waals surface area contributed by atoms with Crippen LogP contribution < -0.4 is 0 Å². The van der Waals surface area contributed by atoms with Gasteiger partial charge in [-0.15, -0.1) is 10.2 Å². The van der Waals surface area contributed by atoms with E-state index in [1.165, 1.54) is 38.5 Å². The smallest absolute Gasteiger partial charge is 0.161 e. The predicted molar refractivity (Wildman–Crippen MR) is 104 cm³/mol. The summed E-state index contributed by atoms with van der Waals surface area (Å²) in [5, 5.41) is 10.2. The SMILES string of the molecule is Clc1cccc(Cl)c1Sc1ccn2c(C3CCCCCC3)nnc2c1. The lowest BCUT2D eigenvalue weighted by molar-refractivity contribution is 0.555. The molecule has 0 bridgehead atoms. The van der Waals surface area contributed by atoms with Crippen molar-refractivity contribution in [1.29, 1.82) is 0 Å². The van der Waals surface area contributed by atoms with Gasteiger partial charge < -0.3 is 0 Å². The Labute approximate surface area is 161 Å². The highest BCUT2D eigenvalue weighted by Crippen LogP contribution is 2.39. The number of pyridine rings is 1. The van der Waals surface area contributed by atoms with E-state index < -0.39 is 0 Å². The maximum atomic E-state index is 6.28. The van der Waals surface area contributed by atoms with Crippen molar-refractivity contribution in [2.24, 2.45) is 0 Å². The van der Waals surface area contributed by atoms with Crippen LogP contribution in [0.15, 0.2) is 46.3 Å². The van der Waals surface area contributed by atoms with Gasteiger partial charge >= 0.3 is 0 Å². The standard InChI is InChI=1S/C19H19Cl2N3S/c20-15-8-5-9-16(21)18(15)25-14-10-11-24-17(12-14)22-23-19(24)13-6-3-1-2-4-7-13/h5,8-13H,1-4,6-7H2. The van der Waals surface area contributed by atoms with Gasteiger partial charge in [0.25, 0.3) is 0 Å². The Kier molecular flexibility index (Phi) is 5.20. The van der Waals surface area contributed by atoms with Crippen molar-refractivity contribution in [2.75, 3.05) is 0 Å². The average molecular weight is 392 g/mol. The molecule has 25 heavy (non-hydrogen) atoms. The lowest BCUT2D eigenvalue weighted by atomic mass is 10.00. The molecule has 6 heteroatoms. The van der Waals surface area contributed by atoms with E-state index in [1.807, 2.05) is 18.2 Å². The minimum absolute atomic E-state index is 0.522. The van der Waals surface area contributed by atoms with Crippen molar-refractivity contribution < 1.29 is 0 Å². The van der Waals surface area contributed by atoms with Crippen LogP contribution in [-0.2, 0) is 0 Å². The summed E-state index contributed by atoms with van der Waals surface area (Å²) in [5.41, 5.74) is 0.882.